The molecule has 0 aliphatic heterocycles. The third-order valence-corrected chi connectivity index (χ3v) is 5.24. The zero-order chi connectivity index (χ0) is 19.3. The molecule has 2 N–H and O–H groups in total. The second kappa shape index (κ2) is 8.14. The van der Waals surface area contributed by atoms with E-state index in [1.807, 2.05) is 42.5 Å². The number of anilines is 1. The summed E-state index contributed by atoms with van der Waals surface area (Å²) in [6.07, 6.45) is 3.29. The van der Waals surface area contributed by atoms with Gasteiger partial charge in [-0.3, -0.25) is 9.78 Å². The maximum atomic E-state index is 12.3. The molecule has 7 heteroatoms. The number of nitrogens with zero attached hydrogens (tertiary/aromatic N) is 3. The highest BCUT2D eigenvalue weighted by Gasteiger charge is 2.08. The molecule has 0 fully saturated rings. The van der Waals surface area contributed by atoms with Crippen LogP contribution in [0.2, 0.25) is 0 Å². The van der Waals surface area contributed by atoms with Crippen LogP contribution in [-0.2, 0) is 13.1 Å². The molecule has 0 saturated heterocycles. The number of pyridine rings is 1. The van der Waals surface area contributed by atoms with Crippen LogP contribution in [0.1, 0.15) is 26.5 Å². The lowest BCUT2D eigenvalue weighted by Gasteiger charge is -2.08. The van der Waals surface area contributed by atoms with Crippen LogP contribution in [0.25, 0.3) is 10.2 Å². The average molecular weight is 389 g/mol. The van der Waals surface area contributed by atoms with E-state index in [2.05, 4.69) is 38.6 Å². The monoisotopic (exact) mass is 389 g/mol. The lowest BCUT2D eigenvalue weighted by molar-refractivity contribution is 0.0950. The third kappa shape index (κ3) is 4.15. The van der Waals surface area contributed by atoms with Gasteiger partial charge in [-0.2, -0.15) is 0 Å². The molecule has 140 valence electrons. The van der Waals surface area contributed by atoms with E-state index >= 15 is 0 Å². The number of benzene rings is 1. The number of aromatic nitrogens is 3. The van der Waals surface area contributed by atoms with Gasteiger partial charge in [-0.05, 0) is 42.8 Å². The van der Waals surface area contributed by atoms with Crippen LogP contribution in [0.3, 0.4) is 0 Å². The molecule has 28 heavy (non-hydrogen) atoms. The lowest BCUT2D eigenvalue weighted by atomic mass is 10.1. The van der Waals surface area contributed by atoms with Gasteiger partial charge >= 0.3 is 0 Å². The summed E-state index contributed by atoms with van der Waals surface area (Å²) >= 11 is 1.66. The number of carbonyl (C=O) groups is 1. The van der Waals surface area contributed by atoms with Crippen molar-refractivity contribution in [3.05, 3.63) is 82.8 Å². The van der Waals surface area contributed by atoms with E-state index in [1.54, 1.807) is 23.9 Å². The topological polar surface area (TPSA) is 79.8 Å². The van der Waals surface area contributed by atoms with Gasteiger partial charge in [0.25, 0.3) is 5.91 Å². The van der Waals surface area contributed by atoms with E-state index in [9.17, 15) is 4.79 Å². The predicted octanol–water partition coefficient (Wildman–Crippen LogP) is 3.94. The SMILES string of the molecule is Cc1cc2c(NCc3ccc(C(=O)NCc4ccccn4)cc3)ncnc2s1. The van der Waals surface area contributed by atoms with Crippen molar-refractivity contribution in [2.45, 2.75) is 20.0 Å². The van der Waals surface area contributed by atoms with Crippen molar-refractivity contribution in [3.8, 4) is 0 Å². The number of amides is 1. The van der Waals surface area contributed by atoms with Crippen molar-refractivity contribution in [1.29, 1.82) is 0 Å². The first-order chi connectivity index (χ1) is 13.7. The summed E-state index contributed by atoms with van der Waals surface area (Å²) in [7, 11) is 0. The summed E-state index contributed by atoms with van der Waals surface area (Å²) in [5, 5.41) is 7.28. The minimum atomic E-state index is -0.114. The summed E-state index contributed by atoms with van der Waals surface area (Å²) < 4.78 is 0. The first kappa shape index (κ1) is 18.1. The molecule has 1 amide bonds. The first-order valence-corrected chi connectivity index (χ1v) is 9.73. The maximum absolute atomic E-state index is 12.3. The number of thiophene rings is 1. The van der Waals surface area contributed by atoms with Gasteiger partial charge in [0.2, 0.25) is 0 Å². The smallest absolute Gasteiger partial charge is 0.251 e. The number of carbonyl (C=O) groups excluding carboxylic acids is 1. The van der Waals surface area contributed by atoms with Gasteiger partial charge in [0, 0.05) is 23.2 Å². The summed E-state index contributed by atoms with van der Waals surface area (Å²) in [5.41, 5.74) is 2.52. The van der Waals surface area contributed by atoms with Crippen LogP contribution in [0, 0.1) is 6.92 Å². The van der Waals surface area contributed by atoms with Gasteiger partial charge in [0.15, 0.2) is 0 Å². The van der Waals surface area contributed by atoms with E-state index in [4.69, 9.17) is 0 Å². The van der Waals surface area contributed by atoms with Gasteiger partial charge < -0.3 is 10.6 Å². The molecule has 0 aliphatic rings. The summed E-state index contributed by atoms with van der Waals surface area (Å²) in [6.45, 7) is 3.09. The van der Waals surface area contributed by atoms with Crippen molar-refractivity contribution < 1.29 is 4.79 Å². The standard InChI is InChI=1S/C21H19N5OS/c1-14-10-18-19(25-13-26-21(18)28-14)23-11-15-5-7-16(8-6-15)20(27)24-12-17-4-2-3-9-22-17/h2-10,13H,11-12H2,1H3,(H,24,27)(H,23,25,26). The Balaban J connectivity index is 1.37. The minimum Gasteiger partial charge on any atom is -0.365 e. The highest BCUT2D eigenvalue weighted by atomic mass is 32.1. The summed E-state index contributed by atoms with van der Waals surface area (Å²) in [6, 6.07) is 15.3. The zero-order valence-electron chi connectivity index (χ0n) is 15.3. The van der Waals surface area contributed by atoms with E-state index < -0.39 is 0 Å². The van der Waals surface area contributed by atoms with Crippen LogP contribution >= 0.6 is 11.3 Å². The van der Waals surface area contributed by atoms with Gasteiger partial charge in [-0.25, -0.2) is 9.97 Å². The van der Waals surface area contributed by atoms with Crippen molar-refractivity contribution in [1.82, 2.24) is 20.3 Å². The van der Waals surface area contributed by atoms with E-state index in [0.717, 1.165) is 27.3 Å². The van der Waals surface area contributed by atoms with Crippen molar-refractivity contribution in [2.24, 2.45) is 0 Å². The average Bonchev–Trinajstić information content (AvgIpc) is 3.12. The molecule has 0 aliphatic carbocycles. The molecule has 1 aromatic carbocycles. The molecule has 0 spiro atoms. The number of fused-ring (bicyclic) bond motifs is 1. The summed E-state index contributed by atoms with van der Waals surface area (Å²) in [4.78, 5) is 27.3. The molecule has 0 saturated carbocycles. The van der Waals surface area contributed by atoms with E-state index in [0.29, 0.717) is 18.7 Å². The molecule has 4 aromatic rings. The largest absolute Gasteiger partial charge is 0.365 e. The van der Waals surface area contributed by atoms with E-state index in [1.165, 1.54) is 4.88 Å². The molecule has 4 rings (SSSR count). The fourth-order valence-electron chi connectivity index (χ4n) is 2.85. The Morgan fingerprint density at radius 1 is 1.04 bits per heavy atom. The molecule has 0 radical (unpaired) electrons. The number of nitrogens with one attached hydrogen (secondary N) is 2. The number of hydrogen-bond acceptors (Lipinski definition) is 6. The number of aryl methyl sites for hydroxylation is 1. The van der Waals surface area contributed by atoms with Gasteiger partial charge in [0.05, 0.1) is 17.6 Å². The van der Waals surface area contributed by atoms with Crippen LogP contribution in [0.15, 0.2) is 61.1 Å². The Hall–Kier alpha value is -3.32. The predicted molar refractivity (Wildman–Crippen MR) is 111 cm³/mol. The Labute approximate surface area is 166 Å². The molecular weight excluding hydrogens is 370 g/mol. The zero-order valence-corrected chi connectivity index (χ0v) is 16.2. The number of hydrogen-bond donors (Lipinski definition) is 2. The molecule has 0 unspecified atom stereocenters. The fraction of sp³-hybridized carbons (Fsp3) is 0.143. The van der Waals surface area contributed by atoms with Crippen LogP contribution in [0.5, 0.6) is 0 Å². The Morgan fingerprint density at radius 3 is 2.68 bits per heavy atom. The van der Waals surface area contributed by atoms with Gasteiger partial charge in [-0.1, -0.05) is 18.2 Å². The Kier molecular flexibility index (Phi) is 5.25. The molecule has 3 aromatic heterocycles. The Bertz CT molecular complexity index is 1090. The molecule has 0 atom stereocenters. The van der Waals surface area contributed by atoms with Crippen LogP contribution in [-0.4, -0.2) is 20.9 Å². The molecule has 3 heterocycles. The second-order valence-electron chi connectivity index (χ2n) is 6.35. The van der Waals surface area contributed by atoms with Crippen molar-refractivity contribution in [3.63, 3.8) is 0 Å². The van der Waals surface area contributed by atoms with Gasteiger partial charge in [0.1, 0.15) is 17.0 Å². The Morgan fingerprint density at radius 2 is 1.89 bits per heavy atom. The molecule has 6 nitrogen and oxygen atoms in total. The second-order valence-corrected chi connectivity index (χ2v) is 7.59. The molecular formula is C21H19N5OS. The van der Waals surface area contributed by atoms with E-state index in [-0.39, 0.29) is 5.91 Å². The third-order valence-electron chi connectivity index (χ3n) is 4.28. The fourth-order valence-corrected chi connectivity index (χ4v) is 3.70. The normalized spacial score (nSPS) is 10.8. The first-order valence-electron chi connectivity index (χ1n) is 8.91. The summed E-state index contributed by atoms with van der Waals surface area (Å²) in [5.74, 6) is 0.711. The lowest BCUT2D eigenvalue weighted by Crippen LogP contribution is -2.23. The number of rotatable bonds is 6. The minimum absolute atomic E-state index is 0.114. The van der Waals surface area contributed by atoms with Crippen LogP contribution in [0.4, 0.5) is 5.82 Å². The van der Waals surface area contributed by atoms with Gasteiger partial charge in [-0.15, -0.1) is 11.3 Å². The van der Waals surface area contributed by atoms with Crippen molar-refractivity contribution >= 4 is 33.3 Å². The van der Waals surface area contributed by atoms with Crippen LogP contribution < -0.4 is 10.6 Å². The quantitative estimate of drug-likeness (QED) is 0.522. The van der Waals surface area contributed by atoms with Crippen molar-refractivity contribution in [2.75, 3.05) is 5.32 Å². The maximum Gasteiger partial charge on any atom is 0.251 e. The highest BCUT2D eigenvalue weighted by molar-refractivity contribution is 7.18. The molecule has 0 bridgehead atoms. The highest BCUT2D eigenvalue weighted by Crippen LogP contribution is 2.27.